The maximum absolute atomic E-state index is 10.5. The van der Waals surface area contributed by atoms with Crippen LogP contribution in [0, 0.1) is 5.92 Å². The van der Waals surface area contributed by atoms with E-state index in [9.17, 15) is 9.90 Å². The largest absolute Gasteiger partial charge is 0.380 e. The smallest absolute Gasteiger partial charge is 0.249 e. The minimum absolute atomic E-state index is 0.120. The van der Waals surface area contributed by atoms with Gasteiger partial charge in [-0.15, -0.1) is 0 Å². The van der Waals surface area contributed by atoms with Crippen LogP contribution in [0.2, 0.25) is 0 Å². The molecule has 3 heteroatoms. The van der Waals surface area contributed by atoms with Crippen molar-refractivity contribution >= 4 is 5.91 Å². The monoisotopic (exact) mass is 129 g/mol. The first-order valence-corrected chi connectivity index (χ1v) is 3.07. The molecule has 0 bridgehead atoms. The molecule has 1 aliphatic carbocycles. The maximum atomic E-state index is 10.5. The fraction of sp³-hybridized carbons (Fsp3) is 0.833. The molecule has 3 nitrogen and oxygen atoms in total. The number of carbonyl (C=O) groups is 1. The average molecular weight is 129 g/mol. The molecule has 0 radical (unpaired) electrons. The van der Waals surface area contributed by atoms with Crippen LogP contribution >= 0.6 is 0 Å². The second-order valence-corrected chi connectivity index (χ2v) is 2.79. The van der Waals surface area contributed by atoms with E-state index in [0.717, 1.165) is 12.8 Å². The van der Waals surface area contributed by atoms with Gasteiger partial charge in [0, 0.05) is 0 Å². The van der Waals surface area contributed by atoms with E-state index in [1.807, 2.05) is 0 Å². The lowest BCUT2D eigenvalue weighted by Crippen LogP contribution is -2.42. The van der Waals surface area contributed by atoms with Crippen molar-refractivity contribution in [2.45, 2.75) is 25.4 Å². The molecular formula is C6H11NO2. The molecule has 0 aromatic heterocycles. The molecule has 3 N–H and O–H groups in total. The number of amides is 1. The standard InChI is InChI=1S/C6H11NO2/c1-6(9,5(7)8)4-2-3-4/h4,9H,2-3H2,1H3,(H2,7,8)/t6-/m0/s1. The van der Waals surface area contributed by atoms with E-state index in [2.05, 4.69) is 0 Å². The highest BCUT2D eigenvalue weighted by atomic mass is 16.3. The predicted octanol–water partition coefficient (Wildman–Crippen LogP) is -0.367. The van der Waals surface area contributed by atoms with Crippen molar-refractivity contribution in [3.8, 4) is 0 Å². The van der Waals surface area contributed by atoms with Crippen LogP contribution in [-0.2, 0) is 4.79 Å². The summed E-state index contributed by atoms with van der Waals surface area (Å²) in [6.45, 7) is 1.48. The van der Waals surface area contributed by atoms with E-state index in [0.29, 0.717) is 0 Å². The molecule has 1 amide bonds. The quantitative estimate of drug-likeness (QED) is 0.534. The lowest BCUT2D eigenvalue weighted by atomic mass is 10.0. The van der Waals surface area contributed by atoms with E-state index in [1.54, 1.807) is 0 Å². The van der Waals surface area contributed by atoms with Crippen molar-refractivity contribution < 1.29 is 9.90 Å². The zero-order valence-electron chi connectivity index (χ0n) is 5.42. The highest BCUT2D eigenvalue weighted by Crippen LogP contribution is 2.39. The van der Waals surface area contributed by atoms with Crippen LogP contribution < -0.4 is 5.73 Å². The van der Waals surface area contributed by atoms with Crippen LogP contribution in [0.4, 0.5) is 0 Å². The van der Waals surface area contributed by atoms with Crippen molar-refractivity contribution in [2.24, 2.45) is 11.7 Å². The third kappa shape index (κ3) is 1.05. The summed E-state index contributed by atoms with van der Waals surface area (Å²) >= 11 is 0. The van der Waals surface area contributed by atoms with Gasteiger partial charge in [-0.3, -0.25) is 4.79 Å². The number of rotatable bonds is 2. The normalized spacial score (nSPS) is 25.1. The molecule has 1 rings (SSSR count). The number of hydrogen-bond donors (Lipinski definition) is 2. The summed E-state index contributed by atoms with van der Waals surface area (Å²) in [6.07, 6.45) is 1.85. The Kier molecular flexibility index (Phi) is 1.24. The van der Waals surface area contributed by atoms with E-state index < -0.39 is 11.5 Å². The van der Waals surface area contributed by atoms with Gasteiger partial charge in [-0.05, 0) is 25.7 Å². The number of primary amides is 1. The maximum Gasteiger partial charge on any atom is 0.249 e. The van der Waals surface area contributed by atoms with Crippen molar-refractivity contribution in [3.05, 3.63) is 0 Å². The summed E-state index contributed by atoms with van der Waals surface area (Å²) in [6, 6.07) is 0. The molecule has 0 saturated heterocycles. The third-order valence-corrected chi connectivity index (χ3v) is 1.87. The van der Waals surface area contributed by atoms with Crippen molar-refractivity contribution in [1.82, 2.24) is 0 Å². The van der Waals surface area contributed by atoms with Gasteiger partial charge >= 0.3 is 0 Å². The summed E-state index contributed by atoms with van der Waals surface area (Å²) in [5, 5.41) is 9.26. The molecule has 0 unspecified atom stereocenters. The minimum atomic E-state index is -1.25. The summed E-state index contributed by atoms with van der Waals surface area (Å²) in [5.74, 6) is -0.486. The first-order chi connectivity index (χ1) is 4.05. The highest BCUT2D eigenvalue weighted by Gasteiger charge is 2.44. The summed E-state index contributed by atoms with van der Waals surface area (Å²) in [4.78, 5) is 10.5. The van der Waals surface area contributed by atoms with Crippen molar-refractivity contribution in [2.75, 3.05) is 0 Å². The summed E-state index contributed by atoms with van der Waals surface area (Å²) in [7, 11) is 0. The summed E-state index contributed by atoms with van der Waals surface area (Å²) in [5.41, 5.74) is 3.67. The van der Waals surface area contributed by atoms with Gasteiger partial charge in [0.25, 0.3) is 0 Å². The fourth-order valence-corrected chi connectivity index (χ4v) is 0.847. The Morgan fingerprint density at radius 1 is 1.78 bits per heavy atom. The van der Waals surface area contributed by atoms with Gasteiger partial charge in [-0.1, -0.05) is 0 Å². The highest BCUT2D eigenvalue weighted by molar-refractivity contribution is 5.83. The lowest BCUT2D eigenvalue weighted by molar-refractivity contribution is -0.136. The van der Waals surface area contributed by atoms with Gasteiger partial charge in [-0.2, -0.15) is 0 Å². The predicted molar refractivity (Wildman–Crippen MR) is 32.5 cm³/mol. The van der Waals surface area contributed by atoms with Crippen LogP contribution in [-0.4, -0.2) is 16.6 Å². The van der Waals surface area contributed by atoms with Gasteiger partial charge < -0.3 is 10.8 Å². The Morgan fingerprint density at radius 2 is 2.22 bits per heavy atom. The van der Waals surface area contributed by atoms with E-state index >= 15 is 0 Å². The molecule has 1 saturated carbocycles. The van der Waals surface area contributed by atoms with Crippen LogP contribution in [0.15, 0.2) is 0 Å². The number of aliphatic hydroxyl groups is 1. The van der Waals surface area contributed by atoms with Gasteiger partial charge in [0.1, 0.15) is 5.60 Å². The van der Waals surface area contributed by atoms with Crippen molar-refractivity contribution in [3.63, 3.8) is 0 Å². The van der Waals surface area contributed by atoms with E-state index in [4.69, 9.17) is 5.73 Å². The molecule has 0 heterocycles. The zero-order chi connectivity index (χ0) is 7.07. The third-order valence-electron chi connectivity index (χ3n) is 1.87. The first-order valence-electron chi connectivity index (χ1n) is 3.07. The molecule has 1 aliphatic rings. The Hall–Kier alpha value is -0.570. The topological polar surface area (TPSA) is 63.3 Å². The van der Waals surface area contributed by atoms with Gasteiger partial charge in [0.15, 0.2) is 0 Å². The molecule has 0 spiro atoms. The molecule has 0 aromatic rings. The lowest BCUT2D eigenvalue weighted by Gasteiger charge is -2.17. The van der Waals surface area contributed by atoms with Gasteiger partial charge in [0.05, 0.1) is 0 Å². The number of nitrogens with two attached hydrogens (primary N) is 1. The number of hydrogen-bond acceptors (Lipinski definition) is 2. The Morgan fingerprint density at radius 3 is 2.33 bits per heavy atom. The minimum Gasteiger partial charge on any atom is -0.380 e. The molecule has 0 aromatic carbocycles. The zero-order valence-corrected chi connectivity index (χ0v) is 5.42. The van der Waals surface area contributed by atoms with Crippen LogP contribution in [0.25, 0.3) is 0 Å². The van der Waals surface area contributed by atoms with Crippen LogP contribution in [0.3, 0.4) is 0 Å². The molecule has 1 fully saturated rings. The molecular weight excluding hydrogens is 118 g/mol. The number of carbonyl (C=O) groups excluding carboxylic acids is 1. The van der Waals surface area contributed by atoms with Gasteiger partial charge in [-0.25, -0.2) is 0 Å². The second kappa shape index (κ2) is 1.70. The Balaban J connectivity index is 2.59. The SMILES string of the molecule is C[C@@](O)(C(N)=O)C1CC1. The Labute approximate surface area is 53.9 Å². The van der Waals surface area contributed by atoms with Crippen LogP contribution in [0.1, 0.15) is 19.8 Å². The molecule has 9 heavy (non-hydrogen) atoms. The fourth-order valence-electron chi connectivity index (χ4n) is 0.847. The van der Waals surface area contributed by atoms with E-state index in [1.165, 1.54) is 6.92 Å². The molecule has 1 atom stereocenters. The molecule has 0 aliphatic heterocycles. The Bertz CT molecular complexity index is 138. The first kappa shape index (κ1) is 6.55. The second-order valence-electron chi connectivity index (χ2n) is 2.79. The van der Waals surface area contributed by atoms with Crippen LogP contribution in [0.5, 0.6) is 0 Å². The summed E-state index contributed by atoms with van der Waals surface area (Å²) < 4.78 is 0. The average Bonchev–Trinajstić information content (AvgIpc) is 2.42. The van der Waals surface area contributed by atoms with Gasteiger partial charge in [0.2, 0.25) is 5.91 Å². The molecule has 52 valence electrons. The van der Waals surface area contributed by atoms with E-state index in [-0.39, 0.29) is 5.92 Å². The van der Waals surface area contributed by atoms with Crippen molar-refractivity contribution in [1.29, 1.82) is 0 Å².